The Bertz CT molecular complexity index is 3480. The van der Waals surface area contributed by atoms with Gasteiger partial charge >= 0.3 is 0 Å². The van der Waals surface area contributed by atoms with E-state index in [4.69, 9.17) is 4.74 Å². The van der Waals surface area contributed by atoms with Crippen molar-refractivity contribution in [1.29, 1.82) is 0 Å². The number of hydrogen-bond acceptors (Lipinski definition) is 2. The molecule has 364 valence electrons. The summed E-state index contributed by atoms with van der Waals surface area (Å²) >= 11 is 0. The van der Waals surface area contributed by atoms with Crippen LogP contribution in [-0.2, 0) is 27.1 Å². The molecule has 4 bridgehead atoms. The van der Waals surface area contributed by atoms with E-state index in [2.05, 4.69) is 181 Å². The summed E-state index contributed by atoms with van der Waals surface area (Å²) in [6.45, 7) is 21.2. The fraction of sp³-hybridized carbons (Fsp3) is 0.471. The molecule has 4 atom stereocenters. The van der Waals surface area contributed by atoms with Gasteiger partial charge in [-0.05, 0) is 194 Å². The lowest BCUT2D eigenvalue weighted by Crippen LogP contribution is -2.60. The van der Waals surface area contributed by atoms with Gasteiger partial charge in [-0.25, -0.2) is 0 Å². The van der Waals surface area contributed by atoms with Crippen LogP contribution in [0.1, 0.15) is 161 Å². The van der Waals surface area contributed by atoms with Gasteiger partial charge in [-0.1, -0.05) is 154 Å². The van der Waals surface area contributed by atoms with Gasteiger partial charge in [0, 0.05) is 33.9 Å². The second-order valence-electron chi connectivity index (χ2n) is 28.9. The quantitative estimate of drug-likeness (QED) is 0.164. The third-order valence-corrected chi connectivity index (χ3v) is 22.3. The molecule has 4 heteroatoms. The summed E-state index contributed by atoms with van der Waals surface area (Å²) < 4.78 is 10.4. The highest BCUT2D eigenvalue weighted by molar-refractivity contribution is 6.99. The molecule has 7 fully saturated rings. The summed E-state index contributed by atoms with van der Waals surface area (Å²) in [4.78, 5) is 2.63. The number of nitrogens with zero attached hydrogens (tertiary/aromatic N) is 2. The standard InChI is InChI=1S/C68H73BN2O/c1-63(2,3)41-19-23-47(24-20-41)70-56-25-21-42(64(4,5)6)29-54(56)69-55-30-43(65(7,8)9)22-26-58(55)72-59-32-48(31-57(70)60(59)69)71-61-49(15-11-17-52(61)66-33-39-13-10-14-40(34-66)51(39)37-66)50-16-12-18-53(62(50)71)67-35-45-27-44-28-46(36-67)68(44,45)38-67/h11-12,15-26,29-32,39-40,44-46,51H,10,13-14,27-28,33-38H2,1-9H3. The van der Waals surface area contributed by atoms with Gasteiger partial charge in [-0.15, -0.1) is 0 Å². The topological polar surface area (TPSA) is 17.4 Å². The van der Waals surface area contributed by atoms with Gasteiger partial charge in [-0.3, -0.25) is 0 Å². The molecule has 4 unspecified atom stereocenters. The van der Waals surface area contributed by atoms with Crippen LogP contribution >= 0.6 is 0 Å². The predicted molar refractivity (Wildman–Crippen MR) is 300 cm³/mol. The molecule has 9 aliphatic rings. The maximum absolute atomic E-state index is 7.54. The number of rotatable bonds is 4. The molecular weight excluding hydrogens is 872 g/mol. The smallest absolute Gasteiger partial charge is 0.256 e. The van der Waals surface area contributed by atoms with E-state index in [9.17, 15) is 0 Å². The molecule has 7 aromatic rings. The molecule has 0 saturated heterocycles. The van der Waals surface area contributed by atoms with Gasteiger partial charge in [0.05, 0.1) is 16.7 Å². The lowest BCUT2D eigenvalue weighted by molar-refractivity contribution is -0.175. The van der Waals surface area contributed by atoms with Crippen molar-refractivity contribution in [2.45, 2.75) is 160 Å². The zero-order valence-corrected chi connectivity index (χ0v) is 44.5. The Morgan fingerprint density at radius 1 is 0.528 bits per heavy atom. The van der Waals surface area contributed by atoms with Gasteiger partial charge in [0.2, 0.25) is 0 Å². The van der Waals surface area contributed by atoms with E-state index in [0.717, 1.165) is 47.0 Å². The van der Waals surface area contributed by atoms with Gasteiger partial charge in [0.15, 0.2) is 0 Å². The van der Waals surface area contributed by atoms with E-state index in [0.29, 0.717) is 5.41 Å². The van der Waals surface area contributed by atoms with E-state index < -0.39 is 0 Å². The molecular formula is C68H73BN2O. The summed E-state index contributed by atoms with van der Waals surface area (Å²) in [7, 11) is 0. The van der Waals surface area contributed by atoms with Crippen molar-refractivity contribution in [3.8, 4) is 17.2 Å². The number of fused-ring (bicyclic) bond motifs is 9. The number of aromatic nitrogens is 1. The summed E-state index contributed by atoms with van der Waals surface area (Å²) in [6.07, 6.45) is 15.5. The molecule has 0 amide bonds. The minimum Gasteiger partial charge on any atom is -0.458 e. The van der Waals surface area contributed by atoms with Gasteiger partial charge in [-0.2, -0.15) is 0 Å². The van der Waals surface area contributed by atoms with E-state index in [-0.39, 0.29) is 33.8 Å². The number of para-hydroxylation sites is 2. The molecule has 0 radical (unpaired) electrons. The van der Waals surface area contributed by atoms with Crippen LogP contribution in [0.4, 0.5) is 17.1 Å². The number of hydrogen-bond donors (Lipinski definition) is 0. The van der Waals surface area contributed by atoms with Gasteiger partial charge in [0.1, 0.15) is 11.5 Å². The van der Waals surface area contributed by atoms with Crippen molar-refractivity contribution >= 4 is 62.0 Å². The van der Waals surface area contributed by atoms with Crippen LogP contribution in [0.5, 0.6) is 11.5 Å². The summed E-state index contributed by atoms with van der Waals surface area (Å²) in [5.41, 5.74) is 20.4. The fourth-order valence-corrected chi connectivity index (χ4v) is 19.1. The van der Waals surface area contributed by atoms with Crippen LogP contribution in [0, 0.1) is 40.9 Å². The molecule has 2 aliphatic heterocycles. The molecule has 6 aromatic carbocycles. The van der Waals surface area contributed by atoms with Crippen molar-refractivity contribution in [2.24, 2.45) is 40.9 Å². The molecule has 1 aromatic heterocycles. The van der Waals surface area contributed by atoms with Crippen LogP contribution < -0.4 is 26.0 Å². The largest absolute Gasteiger partial charge is 0.458 e. The minimum atomic E-state index is -0.0110. The summed E-state index contributed by atoms with van der Waals surface area (Å²) in [6, 6.07) is 44.4. The maximum atomic E-state index is 7.54. The van der Waals surface area contributed by atoms with Crippen LogP contribution in [0.25, 0.3) is 27.5 Å². The van der Waals surface area contributed by atoms with Crippen molar-refractivity contribution in [3.05, 3.63) is 137 Å². The van der Waals surface area contributed by atoms with E-state index >= 15 is 0 Å². The van der Waals surface area contributed by atoms with Crippen LogP contribution in [0.15, 0.2) is 109 Å². The average Bonchev–Trinajstić information content (AvgIpc) is 4.14. The lowest BCUT2D eigenvalue weighted by atomic mass is 9.33. The highest BCUT2D eigenvalue weighted by atomic mass is 16.5. The second-order valence-corrected chi connectivity index (χ2v) is 28.9. The number of benzene rings is 6. The molecule has 1 spiro atoms. The fourth-order valence-electron chi connectivity index (χ4n) is 19.1. The Kier molecular flexibility index (Phi) is 8.24. The Morgan fingerprint density at radius 3 is 1.72 bits per heavy atom. The van der Waals surface area contributed by atoms with Crippen molar-refractivity contribution in [2.75, 3.05) is 4.90 Å². The Labute approximate surface area is 429 Å². The third kappa shape index (κ3) is 5.46. The first-order valence-corrected chi connectivity index (χ1v) is 28.6. The van der Waals surface area contributed by atoms with E-state index in [1.54, 1.807) is 11.1 Å². The summed E-state index contributed by atoms with van der Waals surface area (Å²) in [5, 5.41) is 2.91. The van der Waals surface area contributed by atoms with Crippen LogP contribution in [-0.4, -0.2) is 11.3 Å². The van der Waals surface area contributed by atoms with Crippen molar-refractivity contribution in [3.63, 3.8) is 0 Å². The van der Waals surface area contributed by atoms with Gasteiger partial charge < -0.3 is 14.2 Å². The Balaban J connectivity index is 1.00. The number of ether oxygens (including phenoxy) is 1. The predicted octanol–water partition coefficient (Wildman–Crippen LogP) is 15.6. The zero-order valence-electron chi connectivity index (χ0n) is 44.5. The van der Waals surface area contributed by atoms with Gasteiger partial charge in [0.25, 0.3) is 6.71 Å². The lowest BCUT2D eigenvalue weighted by Gasteiger charge is -2.66. The number of anilines is 3. The molecule has 0 N–H and O–H groups in total. The van der Waals surface area contributed by atoms with Crippen LogP contribution in [0.2, 0.25) is 0 Å². The highest BCUT2D eigenvalue weighted by Crippen LogP contribution is 2.84. The monoisotopic (exact) mass is 945 g/mol. The maximum Gasteiger partial charge on any atom is 0.256 e. The van der Waals surface area contributed by atoms with Crippen molar-refractivity contribution < 1.29 is 4.74 Å². The average molecular weight is 945 g/mol. The normalized spacial score (nSPS) is 31.0. The van der Waals surface area contributed by atoms with Crippen molar-refractivity contribution in [1.82, 2.24) is 4.57 Å². The zero-order chi connectivity index (χ0) is 48.8. The first kappa shape index (κ1) is 43.2. The molecule has 7 aliphatic carbocycles. The van der Waals surface area contributed by atoms with E-state index in [1.165, 1.54) is 148 Å². The minimum absolute atomic E-state index is 0.00588. The molecule has 16 rings (SSSR count). The van der Waals surface area contributed by atoms with Crippen LogP contribution in [0.3, 0.4) is 0 Å². The Morgan fingerprint density at radius 2 is 1.12 bits per heavy atom. The molecule has 72 heavy (non-hydrogen) atoms. The molecule has 3 nitrogen and oxygen atoms in total. The molecule has 7 saturated carbocycles. The SMILES string of the molecule is CC(C)(C)c1ccc(N2c3ccc(C(C)(C)C)cc3B3c4cc(C(C)(C)C)ccc4Oc4cc(-n5c6c(C78CC9CCCC(C7)C9C8)cccc6c6cccc(C78CC9CC%10CC(C7)C%109C8)c65)cc2c43)cc1. The molecule has 3 heterocycles. The highest BCUT2D eigenvalue weighted by Gasteiger charge is 2.77. The second kappa shape index (κ2) is 13.7. The Hall–Kier alpha value is -5.22. The van der Waals surface area contributed by atoms with E-state index in [1.807, 2.05) is 0 Å². The first-order valence-electron chi connectivity index (χ1n) is 28.6. The first-order chi connectivity index (χ1) is 34.4. The summed E-state index contributed by atoms with van der Waals surface area (Å²) in [5.74, 6) is 7.47. The third-order valence-electron chi connectivity index (χ3n) is 22.3.